The zero-order chi connectivity index (χ0) is 11.7. The molecule has 0 bridgehead atoms. The molecule has 0 saturated carbocycles. The van der Waals surface area contributed by atoms with Crippen LogP contribution in [0.15, 0.2) is 36.4 Å². The first kappa shape index (κ1) is 13.1. The van der Waals surface area contributed by atoms with E-state index in [2.05, 4.69) is 41.5 Å². The molecule has 1 fully saturated rings. The van der Waals surface area contributed by atoms with Crippen molar-refractivity contribution in [3.8, 4) is 0 Å². The van der Waals surface area contributed by atoms with Crippen LogP contribution in [-0.4, -0.2) is 31.2 Å². The molecule has 1 aromatic heterocycles. The van der Waals surface area contributed by atoms with Crippen molar-refractivity contribution >= 4 is 29.1 Å². The Labute approximate surface area is 114 Å². The third kappa shape index (κ3) is 2.42. The van der Waals surface area contributed by atoms with Gasteiger partial charge in [-0.25, -0.2) is 4.98 Å². The van der Waals surface area contributed by atoms with Gasteiger partial charge < -0.3 is 10.2 Å². The Bertz CT molecular complexity index is 523. The van der Waals surface area contributed by atoms with E-state index < -0.39 is 0 Å². The topological polar surface area (TPSA) is 28.2 Å². The summed E-state index contributed by atoms with van der Waals surface area (Å²) in [5.74, 6) is 1.07. The molecule has 1 unspecified atom stereocenters. The summed E-state index contributed by atoms with van der Waals surface area (Å²) in [6.45, 7) is 2.17. The number of likely N-dealkylation sites (N-methyl/N-ethyl adjacent to an activating group) is 1. The van der Waals surface area contributed by atoms with E-state index in [4.69, 9.17) is 4.98 Å². The number of nitrogens with one attached hydrogen (secondary N) is 1. The molecule has 1 saturated heterocycles. The number of hydrogen-bond acceptors (Lipinski definition) is 3. The number of benzene rings is 1. The predicted molar refractivity (Wildman–Crippen MR) is 78.7 cm³/mol. The van der Waals surface area contributed by atoms with E-state index >= 15 is 0 Å². The minimum absolute atomic E-state index is 0. The zero-order valence-electron chi connectivity index (χ0n) is 10.5. The molecule has 2 aromatic rings. The number of hydrogen-bond donors (Lipinski definition) is 1. The molecular weight excluding hydrogens is 246 g/mol. The Morgan fingerprint density at radius 1 is 1.22 bits per heavy atom. The number of nitrogens with zero attached hydrogens (tertiary/aromatic N) is 2. The summed E-state index contributed by atoms with van der Waals surface area (Å²) in [6.07, 6.45) is 1.20. The van der Waals surface area contributed by atoms with Crippen LogP contribution in [0.2, 0.25) is 0 Å². The Hall–Kier alpha value is -1.32. The van der Waals surface area contributed by atoms with Crippen molar-refractivity contribution in [3.63, 3.8) is 0 Å². The highest BCUT2D eigenvalue weighted by atomic mass is 35.5. The van der Waals surface area contributed by atoms with Crippen LogP contribution in [0.25, 0.3) is 10.9 Å². The summed E-state index contributed by atoms with van der Waals surface area (Å²) in [4.78, 5) is 7.00. The molecule has 0 amide bonds. The number of anilines is 1. The van der Waals surface area contributed by atoms with Gasteiger partial charge in [-0.3, -0.25) is 0 Å². The van der Waals surface area contributed by atoms with Crippen LogP contribution in [0.3, 0.4) is 0 Å². The van der Waals surface area contributed by atoms with Gasteiger partial charge in [0.05, 0.1) is 5.52 Å². The van der Waals surface area contributed by atoms with Crippen molar-refractivity contribution in [2.24, 2.45) is 0 Å². The second-order valence-corrected chi connectivity index (χ2v) is 4.62. The normalized spacial score (nSPS) is 18.6. The Kier molecular flexibility index (Phi) is 4.04. The fraction of sp³-hybridized carbons (Fsp3) is 0.357. The number of halogens is 1. The fourth-order valence-electron chi connectivity index (χ4n) is 2.41. The van der Waals surface area contributed by atoms with E-state index in [1.54, 1.807) is 0 Å². The second-order valence-electron chi connectivity index (χ2n) is 4.62. The maximum atomic E-state index is 4.72. The lowest BCUT2D eigenvalue weighted by Gasteiger charge is -2.25. The van der Waals surface area contributed by atoms with Crippen molar-refractivity contribution in [2.45, 2.75) is 12.5 Å². The summed E-state index contributed by atoms with van der Waals surface area (Å²) in [5, 5.41) is 4.59. The molecule has 1 atom stereocenters. The maximum Gasteiger partial charge on any atom is 0.129 e. The predicted octanol–water partition coefficient (Wildman–Crippen LogP) is 2.45. The first-order chi connectivity index (χ1) is 8.34. The van der Waals surface area contributed by atoms with Crippen molar-refractivity contribution in [1.82, 2.24) is 10.3 Å². The summed E-state index contributed by atoms with van der Waals surface area (Å²) in [7, 11) is 2.13. The molecule has 0 spiro atoms. The largest absolute Gasteiger partial charge is 0.355 e. The van der Waals surface area contributed by atoms with Gasteiger partial charge in [0.1, 0.15) is 5.82 Å². The second kappa shape index (κ2) is 5.55. The first-order valence-corrected chi connectivity index (χ1v) is 6.14. The molecule has 1 aromatic carbocycles. The van der Waals surface area contributed by atoms with Gasteiger partial charge in [0.15, 0.2) is 0 Å². The van der Waals surface area contributed by atoms with Crippen molar-refractivity contribution < 1.29 is 0 Å². The zero-order valence-corrected chi connectivity index (χ0v) is 11.3. The average Bonchev–Trinajstić information content (AvgIpc) is 2.91. The summed E-state index contributed by atoms with van der Waals surface area (Å²) >= 11 is 0. The minimum atomic E-state index is 0. The van der Waals surface area contributed by atoms with Gasteiger partial charge in [-0.2, -0.15) is 0 Å². The summed E-state index contributed by atoms with van der Waals surface area (Å²) in [6, 6.07) is 13.1. The molecule has 1 N–H and O–H groups in total. The highest BCUT2D eigenvalue weighted by Crippen LogP contribution is 2.20. The monoisotopic (exact) mass is 263 g/mol. The van der Waals surface area contributed by atoms with E-state index in [9.17, 15) is 0 Å². The van der Waals surface area contributed by atoms with Gasteiger partial charge in [0, 0.05) is 25.0 Å². The molecule has 2 heterocycles. The lowest BCUT2D eigenvalue weighted by Crippen LogP contribution is -2.33. The van der Waals surface area contributed by atoms with Crippen LogP contribution in [0, 0.1) is 0 Å². The highest BCUT2D eigenvalue weighted by molar-refractivity contribution is 5.85. The molecule has 1 aliphatic rings. The van der Waals surface area contributed by atoms with E-state index in [0.717, 1.165) is 24.4 Å². The lowest BCUT2D eigenvalue weighted by atomic mass is 10.2. The standard InChI is InChI=1S/C14H17N3.ClH/c1-17(12-8-9-15-10-12)14-7-6-11-4-2-3-5-13(11)16-14;/h2-7,12,15H,8-10H2,1H3;1H. The molecule has 18 heavy (non-hydrogen) atoms. The van der Waals surface area contributed by atoms with Gasteiger partial charge in [-0.05, 0) is 31.2 Å². The quantitative estimate of drug-likeness (QED) is 0.902. The smallest absolute Gasteiger partial charge is 0.129 e. The van der Waals surface area contributed by atoms with E-state index in [1.165, 1.54) is 11.8 Å². The van der Waals surface area contributed by atoms with E-state index in [-0.39, 0.29) is 12.4 Å². The van der Waals surface area contributed by atoms with Crippen LogP contribution in [0.4, 0.5) is 5.82 Å². The third-order valence-corrected chi connectivity index (χ3v) is 3.53. The number of rotatable bonds is 2. The summed E-state index contributed by atoms with van der Waals surface area (Å²) in [5.41, 5.74) is 1.07. The van der Waals surface area contributed by atoms with Crippen LogP contribution < -0.4 is 10.2 Å². The third-order valence-electron chi connectivity index (χ3n) is 3.53. The molecule has 0 radical (unpaired) electrons. The van der Waals surface area contributed by atoms with Crippen LogP contribution in [0.1, 0.15) is 6.42 Å². The van der Waals surface area contributed by atoms with Crippen molar-refractivity contribution in [1.29, 1.82) is 0 Å². The van der Waals surface area contributed by atoms with Crippen LogP contribution >= 0.6 is 12.4 Å². The Morgan fingerprint density at radius 2 is 2.06 bits per heavy atom. The van der Waals surface area contributed by atoms with Crippen molar-refractivity contribution in [2.75, 3.05) is 25.0 Å². The lowest BCUT2D eigenvalue weighted by molar-refractivity contribution is 0.679. The van der Waals surface area contributed by atoms with E-state index in [1.807, 2.05) is 12.1 Å². The Balaban J connectivity index is 0.00000120. The highest BCUT2D eigenvalue weighted by Gasteiger charge is 2.20. The van der Waals surface area contributed by atoms with Gasteiger partial charge in [0.25, 0.3) is 0 Å². The molecule has 3 nitrogen and oxygen atoms in total. The summed E-state index contributed by atoms with van der Waals surface area (Å²) < 4.78 is 0. The molecular formula is C14H18ClN3. The SMILES string of the molecule is CN(c1ccc2ccccc2n1)C1CCNC1.Cl. The number of pyridine rings is 1. The molecule has 1 aliphatic heterocycles. The van der Waals surface area contributed by atoms with Crippen LogP contribution in [0.5, 0.6) is 0 Å². The maximum absolute atomic E-state index is 4.72. The molecule has 96 valence electrons. The molecule has 3 rings (SSSR count). The first-order valence-electron chi connectivity index (χ1n) is 6.14. The number of fused-ring (bicyclic) bond motifs is 1. The van der Waals surface area contributed by atoms with Crippen molar-refractivity contribution in [3.05, 3.63) is 36.4 Å². The van der Waals surface area contributed by atoms with Crippen LogP contribution in [-0.2, 0) is 0 Å². The number of para-hydroxylation sites is 1. The average molecular weight is 264 g/mol. The van der Waals surface area contributed by atoms with E-state index in [0.29, 0.717) is 6.04 Å². The van der Waals surface area contributed by atoms with Gasteiger partial charge in [0.2, 0.25) is 0 Å². The number of aromatic nitrogens is 1. The van der Waals surface area contributed by atoms with Gasteiger partial charge >= 0.3 is 0 Å². The molecule has 0 aliphatic carbocycles. The minimum Gasteiger partial charge on any atom is -0.355 e. The van der Waals surface area contributed by atoms with Gasteiger partial charge in [-0.15, -0.1) is 12.4 Å². The molecule has 4 heteroatoms. The van der Waals surface area contributed by atoms with Gasteiger partial charge in [-0.1, -0.05) is 18.2 Å². The Morgan fingerprint density at radius 3 is 2.83 bits per heavy atom. The fourth-order valence-corrected chi connectivity index (χ4v) is 2.41.